The van der Waals surface area contributed by atoms with Gasteiger partial charge in [-0.05, 0) is 30.5 Å². The highest BCUT2D eigenvalue weighted by molar-refractivity contribution is 5.85. The molecule has 0 spiro atoms. The van der Waals surface area contributed by atoms with E-state index in [0.29, 0.717) is 23.5 Å². The van der Waals surface area contributed by atoms with Crippen molar-refractivity contribution in [1.82, 2.24) is 19.5 Å². The lowest BCUT2D eigenvalue weighted by atomic mass is 10.1. The second-order valence-corrected chi connectivity index (χ2v) is 6.18. The molecule has 0 saturated carbocycles. The molecule has 2 heterocycles. The summed E-state index contributed by atoms with van der Waals surface area (Å²) in [7, 11) is 0. The molecular formula is C20H19N5O. The van der Waals surface area contributed by atoms with Gasteiger partial charge in [-0.25, -0.2) is 14.8 Å². The van der Waals surface area contributed by atoms with Gasteiger partial charge in [-0.1, -0.05) is 48.5 Å². The van der Waals surface area contributed by atoms with Crippen molar-refractivity contribution >= 4 is 22.7 Å². The third kappa shape index (κ3) is 3.09. The number of nitrogens with zero attached hydrogens (tertiary/aromatic N) is 3. The minimum atomic E-state index is -0.177. The summed E-state index contributed by atoms with van der Waals surface area (Å²) >= 11 is 0. The number of fused-ring (bicyclic) bond motifs is 1. The summed E-state index contributed by atoms with van der Waals surface area (Å²) in [5.74, 6) is 0.597. The van der Waals surface area contributed by atoms with Gasteiger partial charge in [0.2, 0.25) is 0 Å². The van der Waals surface area contributed by atoms with Gasteiger partial charge in [0.1, 0.15) is 11.8 Å². The first kappa shape index (κ1) is 16.1. The molecule has 0 radical (unpaired) electrons. The van der Waals surface area contributed by atoms with E-state index >= 15 is 0 Å². The van der Waals surface area contributed by atoms with Crippen LogP contribution in [0.3, 0.4) is 0 Å². The van der Waals surface area contributed by atoms with Gasteiger partial charge in [-0.3, -0.25) is 4.57 Å². The van der Waals surface area contributed by atoms with E-state index in [2.05, 4.69) is 32.4 Å². The van der Waals surface area contributed by atoms with E-state index in [9.17, 15) is 4.79 Å². The highest BCUT2D eigenvalue weighted by Crippen LogP contribution is 2.22. The van der Waals surface area contributed by atoms with Gasteiger partial charge in [-0.2, -0.15) is 0 Å². The average molecular weight is 345 g/mol. The van der Waals surface area contributed by atoms with E-state index in [-0.39, 0.29) is 5.69 Å². The van der Waals surface area contributed by atoms with Gasteiger partial charge in [0.05, 0.1) is 0 Å². The minimum Gasteiger partial charge on any atom is -0.338 e. The number of H-pyrrole nitrogens is 1. The van der Waals surface area contributed by atoms with Crippen LogP contribution in [0.1, 0.15) is 11.1 Å². The molecule has 2 N–H and O–H groups in total. The number of imidazole rings is 1. The Hall–Kier alpha value is -3.41. The molecule has 130 valence electrons. The van der Waals surface area contributed by atoms with E-state index in [1.165, 1.54) is 11.9 Å². The van der Waals surface area contributed by atoms with Crippen molar-refractivity contribution in [2.24, 2.45) is 0 Å². The molecule has 0 fully saturated rings. The van der Waals surface area contributed by atoms with Crippen LogP contribution in [0.4, 0.5) is 11.5 Å². The number of para-hydroxylation sites is 1. The number of aromatic nitrogens is 4. The van der Waals surface area contributed by atoms with Crippen LogP contribution in [0, 0.1) is 6.92 Å². The van der Waals surface area contributed by atoms with Gasteiger partial charge < -0.3 is 10.3 Å². The Morgan fingerprint density at radius 2 is 1.81 bits per heavy atom. The zero-order valence-corrected chi connectivity index (χ0v) is 14.4. The predicted octanol–water partition coefficient (Wildman–Crippen LogP) is 3.41. The van der Waals surface area contributed by atoms with Crippen molar-refractivity contribution in [2.75, 3.05) is 5.32 Å². The van der Waals surface area contributed by atoms with Gasteiger partial charge in [-0.15, -0.1) is 0 Å². The number of benzene rings is 2. The number of anilines is 2. The number of hydrogen-bond donors (Lipinski definition) is 2. The summed E-state index contributed by atoms with van der Waals surface area (Å²) in [5.41, 5.74) is 4.28. The third-order valence-corrected chi connectivity index (χ3v) is 4.43. The molecule has 6 heteroatoms. The summed E-state index contributed by atoms with van der Waals surface area (Å²) < 4.78 is 1.66. The van der Waals surface area contributed by atoms with E-state index < -0.39 is 0 Å². The van der Waals surface area contributed by atoms with E-state index in [1.807, 2.05) is 49.4 Å². The normalized spacial score (nSPS) is 11.0. The fraction of sp³-hybridized carbons (Fsp3) is 0.150. The fourth-order valence-electron chi connectivity index (χ4n) is 3.00. The van der Waals surface area contributed by atoms with E-state index in [0.717, 1.165) is 17.7 Å². The predicted molar refractivity (Wildman–Crippen MR) is 103 cm³/mol. The molecule has 2 aromatic heterocycles. The summed E-state index contributed by atoms with van der Waals surface area (Å²) in [4.78, 5) is 24.0. The molecule has 4 rings (SSSR count). The summed E-state index contributed by atoms with van der Waals surface area (Å²) in [6, 6.07) is 18.0. The van der Waals surface area contributed by atoms with Crippen LogP contribution >= 0.6 is 0 Å². The number of hydrogen-bond acceptors (Lipinski definition) is 4. The average Bonchev–Trinajstić information content (AvgIpc) is 2.99. The number of aryl methyl sites for hydroxylation is 3. The second kappa shape index (κ2) is 6.84. The first-order valence-electron chi connectivity index (χ1n) is 8.52. The van der Waals surface area contributed by atoms with Crippen LogP contribution in [0.25, 0.3) is 11.2 Å². The van der Waals surface area contributed by atoms with Crippen molar-refractivity contribution in [2.45, 2.75) is 19.9 Å². The molecule has 0 bridgehead atoms. The van der Waals surface area contributed by atoms with Crippen molar-refractivity contribution in [3.05, 3.63) is 82.5 Å². The molecular weight excluding hydrogens is 326 g/mol. The summed E-state index contributed by atoms with van der Waals surface area (Å²) in [6.45, 7) is 2.58. The van der Waals surface area contributed by atoms with Crippen LogP contribution in [-0.2, 0) is 13.0 Å². The maximum Gasteiger partial charge on any atom is 0.327 e. The zero-order chi connectivity index (χ0) is 17.9. The molecule has 6 nitrogen and oxygen atoms in total. The van der Waals surface area contributed by atoms with Gasteiger partial charge in [0.25, 0.3) is 0 Å². The second-order valence-electron chi connectivity index (χ2n) is 6.18. The van der Waals surface area contributed by atoms with Gasteiger partial charge in [0.15, 0.2) is 11.5 Å². The highest BCUT2D eigenvalue weighted by Gasteiger charge is 2.13. The molecule has 0 aliphatic rings. The molecule has 0 aliphatic carbocycles. The van der Waals surface area contributed by atoms with Gasteiger partial charge in [0, 0.05) is 12.2 Å². The van der Waals surface area contributed by atoms with Crippen molar-refractivity contribution < 1.29 is 0 Å². The molecule has 0 atom stereocenters. The molecule has 0 unspecified atom stereocenters. The lowest BCUT2D eigenvalue weighted by Crippen LogP contribution is -2.18. The number of rotatable bonds is 5. The Kier molecular flexibility index (Phi) is 4.23. The Labute approximate surface area is 150 Å². The smallest absolute Gasteiger partial charge is 0.327 e. The standard InChI is InChI=1S/C20H19N5O/c1-14-7-5-6-10-16(14)23-18-17-19(22-13-21-18)25(20(26)24-17)12-11-15-8-3-2-4-9-15/h2-10,13H,11-12H2,1H3,(H,24,26)(H,21,22,23). The maximum absolute atomic E-state index is 12.4. The Morgan fingerprint density at radius 3 is 2.62 bits per heavy atom. The number of aromatic amines is 1. The SMILES string of the molecule is Cc1ccccc1Nc1ncnc2c1[nH]c(=O)n2CCc1ccccc1. The Morgan fingerprint density at radius 1 is 1.04 bits per heavy atom. The van der Waals surface area contributed by atoms with Crippen LogP contribution in [-0.4, -0.2) is 19.5 Å². The summed E-state index contributed by atoms with van der Waals surface area (Å²) in [5, 5.41) is 3.29. The van der Waals surface area contributed by atoms with E-state index in [1.54, 1.807) is 4.57 Å². The van der Waals surface area contributed by atoms with Crippen LogP contribution in [0.2, 0.25) is 0 Å². The molecule has 4 aromatic rings. The highest BCUT2D eigenvalue weighted by atomic mass is 16.1. The fourth-order valence-corrected chi connectivity index (χ4v) is 3.00. The topological polar surface area (TPSA) is 75.6 Å². The molecule has 0 saturated heterocycles. The Bertz CT molecular complexity index is 1100. The minimum absolute atomic E-state index is 0.177. The van der Waals surface area contributed by atoms with Crippen LogP contribution < -0.4 is 11.0 Å². The molecule has 26 heavy (non-hydrogen) atoms. The summed E-state index contributed by atoms with van der Waals surface area (Å²) in [6.07, 6.45) is 2.24. The zero-order valence-electron chi connectivity index (χ0n) is 14.4. The first-order chi connectivity index (χ1) is 12.7. The number of nitrogens with one attached hydrogen (secondary N) is 2. The molecule has 2 aromatic carbocycles. The Balaban J connectivity index is 1.67. The quantitative estimate of drug-likeness (QED) is 0.581. The van der Waals surface area contributed by atoms with Crippen LogP contribution in [0.5, 0.6) is 0 Å². The first-order valence-corrected chi connectivity index (χ1v) is 8.52. The van der Waals surface area contributed by atoms with Crippen molar-refractivity contribution in [1.29, 1.82) is 0 Å². The molecule has 0 amide bonds. The van der Waals surface area contributed by atoms with Gasteiger partial charge >= 0.3 is 5.69 Å². The largest absolute Gasteiger partial charge is 0.338 e. The lowest BCUT2D eigenvalue weighted by molar-refractivity contribution is 0.685. The van der Waals surface area contributed by atoms with Crippen molar-refractivity contribution in [3.8, 4) is 0 Å². The monoisotopic (exact) mass is 345 g/mol. The lowest BCUT2D eigenvalue weighted by Gasteiger charge is -2.09. The molecule has 0 aliphatic heterocycles. The maximum atomic E-state index is 12.4. The van der Waals surface area contributed by atoms with Crippen LogP contribution in [0.15, 0.2) is 65.7 Å². The van der Waals surface area contributed by atoms with Crippen molar-refractivity contribution in [3.63, 3.8) is 0 Å². The third-order valence-electron chi connectivity index (χ3n) is 4.43. The van der Waals surface area contributed by atoms with E-state index in [4.69, 9.17) is 0 Å².